The van der Waals surface area contributed by atoms with Crippen molar-refractivity contribution < 1.29 is 4.42 Å². The fraction of sp³-hybridized carbons (Fsp3) is 0. The first kappa shape index (κ1) is 27.9. The van der Waals surface area contributed by atoms with Crippen LogP contribution in [-0.4, -0.2) is 24.1 Å². The van der Waals surface area contributed by atoms with E-state index in [1.807, 2.05) is 72.8 Å². The Kier molecular flexibility index (Phi) is 5.86. The van der Waals surface area contributed by atoms with Gasteiger partial charge in [0.15, 0.2) is 11.6 Å². The summed E-state index contributed by atoms with van der Waals surface area (Å²) in [5, 5.41) is 6.66. The molecule has 4 heterocycles. The Morgan fingerprint density at radius 1 is 0.353 bits per heavy atom. The number of para-hydroxylation sites is 3. The number of furan rings is 1. The molecule has 7 aromatic carbocycles. The van der Waals surface area contributed by atoms with E-state index in [0.29, 0.717) is 17.6 Å². The molecule has 51 heavy (non-hydrogen) atoms. The number of nitrogens with zero attached hydrogens (tertiary/aromatic N) is 5. The lowest BCUT2D eigenvalue weighted by Crippen LogP contribution is -2.06. The van der Waals surface area contributed by atoms with E-state index in [-0.39, 0.29) is 0 Å². The van der Waals surface area contributed by atoms with Crippen molar-refractivity contribution in [2.75, 3.05) is 0 Å². The van der Waals surface area contributed by atoms with Gasteiger partial charge >= 0.3 is 0 Å². The van der Waals surface area contributed by atoms with Gasteiger partial charge in [-0.3, -0.25) is 4.57 Å². The lowest BCUT2D eigenvalue weighted by Gasteiger charge is -2.11. The van der Waals surface area contributed by atoms with Crippen LogP contribution >= 0.6 is 0 Å². The van der Waals surface area contributed by atoms with Crippen molar-refractivity contribution in [2.45, 2.75) is 0 Å². The van der Waals surface area contributed by atoms with Crippen molar-refractivity contribution in [1.82, 2.24) is 24.1 Å². The lowest BCUT2D eigenvalue weighted by atomic mass is 10.1. The average Bonchev–Trinajstić information content (AvgIpc) is 3.83. The summed E-state index contributed by atoms with van der Waals surface area (Å²) in [6, 6.07) is 56.7. The molecule has 11 aromatic rings. The molecule has 0 N–H and O–H groups in total. The second-order valence-corrected chi connectivity index (χ2v) is 12.9. The minimum Gasteiger partial charge on any atom is -0.456 e. The maximum atomic E-state index is 6.44. The van der Waals surface area contributed by atoms with Gasteiger partial charge in [0, 0.05) is 49.1 Å². The van der Waals surface area contributed by atoms with Gasteiger partial charge in [-0.2, -0.15) is 9.97 Å². The van der Waals surface area contributed by atoms with Crippen LogP contribution in [0.1, 0.15) is 0 Å². The van der Waals surface area contributed by atoms with Crippen LogP contribution in [0.2, 0.25) is 0 Å². The minimum absolute atomic E-state index is 0.552. The van der Waals surface area contributed by atoms with E-state index < -0.39 is 0 Å². The Bertz CT molecular complexity index is 3060. The number of hydrogen-bond donors (Lipinski definition) is 0. The van der Waals surface area contributed by atoms with E-state index in [2.05, 4.69) is 100 Å². The maximum Gasteiger partial charge on any atom is 0.238 e. The summed E-state index contributed by atoms with van der Waals surface area (Å²) in [5.74, 6) is 1.78. The zero-order valence-corrected chi connectivity index (χ0v) is 27.2. The highest BCUT2D eigenvalue weighted by Gasteiger charge is 2.22. The molecule has 0 saturated heterocycles. The first-order chi connectivity index (χ1) is 25.3. The Morgan fingerprint density at radius 3 is 1.63 bits per heavy atom. The Hall–Kier alpha value is -7.05. The van der Waals surface area contributed by atoms with E-state index in [9.17, 15) is 0 Å². The quantitative estimate of drug-likeness (QED) is 0.190. The highest BCUT2D eigenvalue weighted by molar-refractivity contribution is 6.22. The van der Waals surface area contributed by atoms with Crippen LogP contribution in [0.15, 0.2) is 168 Å². The molecule has 238 valence electrons. The standard InChI is InChI=1S/C45H27N5O/c1-4-14-28(15-5-1)43-46-44(29-16-6-2-7-17-29)48-45(47-43)50-38-25-36-32-21-11-13-23-41(32)51-42(36)26-35(38)34-24-33-31-20-10-12-22-37(31)49(39(33)27-40(34)50)30-18-8-3-9-19-30/h1-27H. The second-order valence-electron chi connectivity index (χ2n) is 12.9. The third-order valence-corrected chi connectivity index (χ3v) is 9.96. The highest BCUT2D eigenvalue weighted by Crippen LogP contribution is 2.42. The van der Waals surface area contributed by atoms with Gasteiger partial charge in [-0.25, -0.2) is 4.98 Å². The summed E-state index contributed by atoms with van der Waals surface area (Å²) in [7, 11) is 0. The maximum absolute atomic E-state index is 6.44. The molecule has 6 heteroatoms. The minimum atomic E-state index is 0.552. The summed E-state index contributed by atoms with van der Waals surface area (Å²) < 4.78 is 11.0. The molecule has 4 aromatic heterocycles. The number of fused-ring (bicyclic) bond motifs is 9. The third-order valence-electron chi connectivity index (χ3n) is 9.96. The summed E-state index contributed by atoms with van der Waals surface area (Å²) in [4.78, 5) is 15.4. The molecule has 11 rings (SSSR count). The van der Waals surface area contributed by atoms with Crippen LogP contribution in [0.3, 0.4) is 0 Å². The molecule has 0 atom stereocenters. The topological polar surface area (TPSA) is 61.7 Å². The summed E-state index contributed by atoms with van der Waals surface area (Å²) in [6.07, 6.45) is 0. The van der Waals surface area contributed by atoms with Crippen molar-refractivity contribution in [1.29, 1.82) is 0 Å². The Balaban J connectivity index is 1.32. The first-order valence-corrected chi connectivity index (χ1v) is 17.0. The Morgan fingerprint density at radius 2 is 0.902 bits per heavy atom. The predicted molar refractivity (Wildman–Crippen MR) is 207 cm³/mol. The predicted octanol–water partition coefficient (Wildman–Crippen LogP) is 11.3. The fourth-order valence-electron chi connectivity index (χ4n) is 7.66. The van der Waals surface area contributed by atoms with Crippen LogP contribution in [0.4, 0.5) is 0 Å². The highest BCUT2D eigenvalue weighted by atomic mass is 16.3. The van der Waals surface area contributed by atoms with Crippen molar-refractivity contribution in [3.63, 3.8) is 0 Å². The molecule has 6 nitrogen and oxygen atoms in total. The van der Waals surface area contributed by atoms with Gasteiger partial charge in [0.25, 0.3) is 0 Å². The Labute approximate surface area is 291 Å². The molecule has 0 fully saturated rings. The van der Waals surface area contributed by atoms with Crippen LogP contribution in [0.25, 0.3) is 100.0 Å². The van der Waals surface area contributed by atoms with Gasteiger partial charge in [-0.15, -0.1) is 0 Å². The van der Waals surface area contributed by atoms with Crippen LogP contribution in [0.5, 0.6) is 0 Å². The molecule has 0 aliphatic heterocycles. The molecule has 0 radical (unpaired) electrons. The largest absolute Gasteiger partial charge is 0.456 e. The second kappa shape index (κ2) is 10.7. The summed E-state index contributed by atoms with van der Waals surface area (Å²) >= 11 is 0. The van der Waals surface area contributed by atoms with Gasteiger partial charge in [0.05, 0.1) is 22.1 Å². The zero-order valence-electron chi connectivity index (χ0n) is 27.2. The molecule has 0 saturated carbocycles. The summed E-state index contributed by atoms with van der Waals surface area (Å²) in [6.45, 7) is 0. The third kappa shape index (κ3) is 4.20. The van der Waals surface area contributed by atoms with Gasteiger partial charge in [-0.1, -0.05) is 115 Å². The monoisotopic (exact) mass is 653 g/mol. The van der Waals surface area contributed by atoms with Gasteiger partial charge < -0.3 is 8.98 Å². The van der Waals surface area contributed by atoms with Crippen LogP contribution < -0.4 is 0 Å². The normalized spacial score (nSPS) is 11.9. The number of aromatic nitrogens is 5. The van der Waals surface area contributed by atoms with E-state index in [0.717, 1.165) is 71.6 Å². The van der Waals surface area contributed by atoms with Crippen molar-refractivity contribution in [3.8, 4) is 34.4 Å². The van der Waals surface area contributed by atoms with E-state index in [1.165, 1.54) is 10.8 Å². The SMILES string of the molecule is c1ccc(-c2nc(-c3ccccc3)nc(-n3c4cc5c(cc4c4cc6c7ccccc7n(-c7ccccc7)c6cc43)oc3ccccc35)n2)cc1. The number of rotatable bonds is 4. The van der Waals surface area contributed by atoms with Crippen LogP contribution in [-0.2, 0) is 0 Å². The van der Waals surface area contributed by atoms with Crippen LogP contribution in [0, 0.1) is 0 Å². The molecule has 0 amide bonds. The molecule has 0 spiro atoms. The lowest BCUT2D eigenvalue weighted by molar-refractivity contribution is 0.669. The van der Waals surface area contributed by atoms with E-state index >= 15 is 0 Å². The molecule has 0 aliphatic carbocycles. The van der Waals surface area contributed by atoms with E-state index in [4.69, 9.17) is 19.4 Å². The molecule has 0 aliphatic rings. The first-order valence-electron chi connectivity index (χ1n) is 17.0. The zero-order chi connectivity index (χ0) is 33.5. The van der Waals surface area contributed by atoms with Crippen molar-refractivity contribution >= 4 is 65.6 Å². The van der Waals surface area contributed by atoms with Crippen molar-refractivity contribution in [3.05, 3.63) is 164 Å². The summed E-state index contributed by atoms with van der Waals surface area (Å²) in [5.41, 5.74) is 8.92. The van der Waals surface area contributed by atoms with Gasteiger partial charge in [0.1, 0.15) is 11.2 Å². The van der Waals surface area contributed by atoms with E-state index in [1.54, 1.807) is 0 Å². The van der Waals surface area contributed by atoms with Gasteiger partial charge in [-0.05, 0) is 48.5 Å². The molecule has 0 unspecified atom stereocenters. The number of benzene rings is 7. The molecule has 0 bridgehead atoms. The smallest absolute Gasteiger partial charge is 0.238 e. The molecular weight excluding hydrogens is 627 g/mol. The fourth-order valence-corrected chi connectivity index (χ4v) is 7.66. The van der Waals surface area contributed by atoms with Crippen molar-refractivity contribution in [2.24, 2.45) is 0 Å². The number of hydrogen-bond acceptors (Lipinski definition) is 4. The van der Waals surface area contributed by atoms with Gasteiger partial charge in [0.2, 0.25) is 5.95 Å². The molecular formula is C45H27N5O. The average molecular weight is 654 g/mol.